The zero-order valence-corrected chi connectivity index (χ0v) is 18.1. The molecule has 2 rings (SSSR count). The van der Waals surface area contributed by atoms with Crippen molar-refractivity contribution in [2.24, 2.45) is 0 Å². The van der Waals surface area contributed by atoms with Crippen LogP contribution >= 0.6 is 0 Å². The number of rotatable bonds is 10. The largest absolute Gasteiger partial charge is 0.480 e. The molecule has 2 amide bonds. The number of carbonyl (C=O) groups is 4. The topological polar surface area (TPSA) is 151 Å². The van der Waals surface area contributed by atoms with Gasteiger partial charge >= 0.3 is 24.1 Å². The minimum absolute atomic E-state index is 0.0848. The molecule has 2 aromatic rings. The maximum absolute atomic E-state index is 11.8. The molecular formula is C24H24N2O8. The molecule has 0 aliphatic carbocycles. The SMILES string of the molecule is O=C(N[C@@H](Cc1ccccc1)C(=O)O)OCC#CCOC(=O)N[C@@H](Cc1ccccc1)C(=O)O. The van der Waals surface area contributed by atoms with Gasteiger partial charge in [0, 0.05) is 12.8 Å². The van der Waals surface area contributed by atoms with Crippen LogP contribution in [-0.4, -0.2) is 59.6 Å². The van der Waals surface area contributed by atoms with Gasteiger partial charge < -0.3 is 30.3 Å². The van der Waals surface area contributed by atoms with Crippen LogP contribution in [0.1, 0.15) is 11.1 Å². The Hall–Kier alpha value is -4.52. The summed E-state index contributed by atoms with van der Waals surface area (Å²) in [6.07, 6.45) is -1.74. The second-order valence-corrected chi connectivity index (χ2v) is 6.96. The molecule has 178 valence electrons. The average molecular weight is 468 g/mol. The minimum atomic E-state index is -1.21. The number of ether oxygens (including phenoxy) is 2. The first-order valence-electron chi connectivity index (χ1n) is 10.2. The van der Waals surface area contributed by atoms with Crippen molar-refractivity contribution in [3.8, 4) is 11.8 Å². The summed E-state index contributed by atoms with van der Waals surface area (Å²) in [5, 5.41) is 23.0. The van der Waals surface area contributed by atoms with E-state index in [2.05, 4.69) is 22.5 Å². The molecule has 0 saturated heterocycles. The fourth-order valence-electron chi connectivity index (χ4n) is 2.77. The number of amides is 2. The maximum atomic E-state index is 11.8. The Labute approximate surface area is 195 Å². The van der Waals surface area contributed by atoms with E-state index in [0.717, 1.165) is 11.1 Å². The molecule has 34 heavy (non-hydrogen) atoms. The number of hydrogen-bond acceptors (Lipinski definition) is 6. The normalized spacial score (nSPS) is 11.6. The molecule has 0 heterocycles. The maximum Gasteiger partial charge on any atom is 0.408 e. The molecule has 0 saturated carbocycles. The van der Waals surface area contributed by atoms with Crippen molar-refractivity contribution >= 4 is 24.1 Å². The standard InChI is InChI=1S/C24H24N2O8/c27-21(28)19(15-17-9-3-1-4-10-17)25-23(31)33-13-7-8-14-34-24(32)26-20(22(29)30)16-18-11-5-2-6-12-18/h1-6,9-12,19-20H,13-16H2,(H,25,31)(H,26,32)(H,27,28)(H,29,30)/t19-,20-/m0/s1. The minimum Gasteiger partial charge on any atom is -0.480 e. The Morgan fingerprint density at radius 3 is 1.35 bits per heavy atom. The van der Waals surface area contributed by atoms with Crippen LogP contribution in [0.25, 0.3) is 0 Å². The van der Waals surface area contributed by atoms with Gasteiger partial charge in [-0.25, -0.2) is 19.2 Å². The third kappa shape index (κ3) is 9.74. The number of carboxylic acids is 2. The molecule has 0 unspecified atom stereocenters. The van der Waals surface area contributed by atoms with Gasteiger partial charge in [-0.2, -0.15) is 0 Å². The van der Waals surface area contributed by atoms with E-state index in [9.17, 15) is 29.4 Å². The first kappa shape index (κ1) is 25.7. The highest BCUT2D eigenvalue weighted by atomic mass is 16.6. The number of hydrogen-bond donors (Lipinski definition) is 4. The monoisotopic (exact) mass is 468 g/mol. The first-order chi connectivity index (χ1) is 16.3. The number of alkyl carbamates (subject to hydrolysis) is 2. The van der Waals surface area contributed by atoms with Crippen LogP contribution in [-0.2, 0) is 31.9 Å². The van der Waals surface area contributed by atoms with Gasteiger partial charge in [0.1, 0.15) is 12.1 Å². The predicted octanol–water partition coefficient (Wildman–Crippen LogP) is 1.83. The first-order valence-corrected chi connectivity index (χ1v) is 10.2. The summed E-state index contributed by atoms with van der Waals surface area (Å²) in [4.78, 5) is 46.3. The lowest BCUT2D eigenvalue weighted by Gasteiger charge is -2.14. The van der Waals surface area contributed by atoms with Gasteiger partial charge in [0.25, 0.3) is 0 Å². The highest BCUT2D eigenvalue weighted by Gasteiger charge is 2.22. The lowest BCUT2D eigenvalue weighted by atomic mass is 10.1. The molecule has 0 radical (unpaired) electrons. The molecule has 0 aliphatic rings. The Kier molecular flexibility index (Phi) is 10.4. The van der Waals surface area contributed by atoms with Crippen molar-refractivity contribution in [1.29, 1.82) is 0 Å². The molecule has 2 aromatic carbocycles. The average Bonchev–Trinajstić information content (AvgIpc) is 2.81. The van der Waals surface area contributed by atoms with Gasteiger partial charge in [-0.3, -0.25) is 0 Å². The van der Waals surface area contributed by atoms with Crippen LogP contribution in [0.4, 0.5) is 9.59 Å². The molecule has 4 N–H and O–H groups in total. The molecule has 2 atom stereocenters. The second-order valence-electron chi connectivity index (χ2n) is 6.96. The second kappa shape index (κ2) is 13.8. The van der Waals surface area contributed by atoms with Gasteiger partial charge in [-0.15, -0.1) is 0 Å². The predicted molar refractivity (Wildman–Crippen MR) is 120 cm³/mol. The van der Waals surface area contributed by atoms with Crippen LogP contribution < -0.4 is 10.6 Å². The molecular weight excluding hydrogens is 444 g/mol. The Balaban J connectivity index is 1.70. The van der Waals surface area contributed by atoms with Gasteiger partial charge in [0.05, 0.1) is 0 Å². The van der Waals surface area contributed by atoms with Crippen LogP contribution in [0.5, 0.6) is 0 Å². The molecule has 0 bridgehead atoms. The van der Waals surface area contributed by atoms with Crippen LogP contribution in [0.2, 0.25) is 0 Å². The van der Waals surface area contributed by atoms with E-state index in [1.807, 2.05) is 0 Å². The summed E-state index contributed by atoms with van der Waals surface area (Å²) < 4.78 is 9.62. The van der Waals surface area contributed by atoms with Gasteiger partial charge in [-0.1, -0.05) is 72.5 Å². The van der Waals surface area contributed by atoms with Crippen molar-refractivity contribution < 1.29 is 38.9 Å². The number of aliphatic carboxylic acids is 2. The summed E-state index contributed by atoms with van der Waals surface area (Å²) in [5.74, 6) is 2.46. The lowest BCUT2D eigenvalue weighted by Crippen LogP contribution is -2.42. The van der Waals surface area contributed by atoms with Gasteiger partial charge in [0.15, 0.2) is 13.2 Å². The number of carbonyl (C=O) groups excluding carboxylic acids is 2. The van der Waals surface area contributed by atoms with E-state index < -0.39 is 36.2 Å². The molecule has 0 aromatic heterocycles. The molecule has 0 spiro atoms. The fourth-order valence-corrected chi connectivity index (χ4v) is 2.77. The molecule has 0 aliphatic heterocycles. The van der Waals surface area contributed by atoms with E-state index in [4.69, 9.17) is 9.47 Å². The number of nitrogens with one attached hydrogen (secondary N) is 2. The van der Waals surface area contributed by atoms with E-state index >= 15 is 0 Å². The summed E-state index contributed by atoms with van der Waals surface area (Å²) in [6, 6.07) is 15.2. The van der Waals surface area contributed by atoms with E-state index in [-0.39, 0.29) is 26.1 Å². The Morgan fingerprint density at radius 1 is 0.676 bits per heavy atom. The quantitative estimate of drug-likeness (QED) is 0.386. The lowest BCUT2D eigenvalue weighted by molar-refractivity contribution is -0.140. The van der Waals surface area contributed by atoms with Crippen LogP contribution in [0, 0.1) is 11.8 Å². The number of carboxylic acid groups (broad SMARTS) is 2. The summed E-state index contributed by atoms with van der Waals surface area (Å²) >= 11 is 0. The van der Waals surface area contributed by atoms with Crippen molar-refractivity contribution in [3.63, 3.8) is 0 Å². The third-order valence-corrected chi connectivity index (χ3v) is 4.42. The van der Waals surface area contributed by atoms with Gasteiger partial charge in [-0.05, 0) is 11.1 Å². The van der Waals surface area contributed by atoms with E-state index in [1.54, 1.807) is 60.7 Å². The summed E-state index contributed by atoms with van der Waals surface area (Å²) in [5.41, 5.74) is 1.47. The molecule has 0 fully saturated rings. The van der Waals surface area contributed by atoms with E-state index in [1.165, 1.54) is 0 Å². The zero-order valence-electron chi connectivity index (χ0n) is 18.1. The zero-order chi connectivity index (χ0) is 24.8. The summed E-state index contributed by atoms with van der Waals surface area (Å²) in [7, 11) is 0. The van der Waals surface area contributed by atoms with Crippen molar-refractivity contribution in [3.05, 3.63) is 71.8 Å². The highest BCUT2D eigenvalue weighted by molar-refractivity contribution is 5.81. The van der Waals surface area contributed by atoms with Crippen LogP contribution in [0.3, 0.4) is 0 Å². The summed E-state index contributed by atoms with van der Waals surface area (Å²) in [6.45, 7) is -0.722. The third-order valence-electron chi connectivity index (χ3n) is 4.42. The molecule has 10 nitrogen and oxygen atoms in total. The smallest absolute Gasteiger partial charge is 0.408 e. The van der Waals surface area contributed by atoms with Crippen molar-refractivity contribution in [1.82, 2.24) is 10.6 Å². The van der Waals surface area contributed by atoms with Crippen LogP contribution in [0.15, 0.2) is 60.7 Å². The Bertz CT molecular complexity index is 950. The fraction of sp³-hybridized carbons (Fsp3) is 0.250. The van der Waals surface area contributed by atoms with E-state index in [0.29, 0.717) is 0 Å². The van der Waals surface area contributed by atoms with Crippen molar-refractivity contribution in [2.45, 2.75) is 24.9 Å². The van der Waals surface area contributed by atoms with Gasteiger partial charge in [0.2, 0.25) is 0 Å². The Morgan fingerprint density at radius 2 is 1.03 bits per heavy atom. The molecule has 10 heteroatoms. The number of benzene rings is 2. The van der Waals surface area contributed by atoms with Crippen molar-refractivity contribution in [2.75, 3.05) is 13.2 Å². The highest BCUT2D eigenvalue weighted by Crippen LogP contribution is 2.05.